The van der Waals surface area contributed by atoms with Crippen LogP contribution in [0.25, 0.3) is 0 Å². The molecule has 0 radical (unpaired) electrons. The maximum absolute atomic E-state index is 12.7. The van der Waals surface area contributed by atoms with Crippen LogP contribution in [0.4, 0.5) is 4.79 Å². The molecule has 4 heteroatoms. The van der Waals surface area contributed by atoms with Crippen molar-refractivity contribution < 1.29 is 4.79 Å². The summed E-state index contributed by atoms with van der Waals surface area (Å²) in [5.74, 6) is 3.67. The number of carbonyl (C=O) groups excluding carboxylic acids is 1. The van der Waals surface area contributed by atoms with Gasteiger partial charge in [0.1, 0.15) is 7.28 Å². The van der Waals surface area contributed by atoms with Crippen LogP contribution in [0.2, 0.25) is 17.5 Å². The molecule has 0 spiro atoms. The highest BCUT2D eigenvalue weighted by Gasteiger charge is 2.23. The van der Waals surface area contributed by atoms with E-state index < -0.39 is 0 Å². The fourth-order valence-electron chi connectivity index (χ4n) is 7.50. The smallest absolute Gasteiger partial charge is 0.237 e. The number of amides is 1. The van der Waals surface area contributed by atoms with Gasteiger partial charge in [0.2, 0.25) is 7.28 Å². The van der Waals surface area contributed by atoms with Gasteiger partial charge in [-0.3, -0.25) is 4.79 Å². The normalized spacial score (nSPS) is 26.9. The number of rotatable bonds is 8. The lowest BCUT2D eigenvalue weighted by Crippen LogP contribution is -2.29. The summed E-state index contributed by atoms with van der Waals surface area (Å²) >= 11 is 0. The van der Waals surface area contributed by atoms with Crippen LogP contribution < -0.4 is 5.32 Å². The summed E-state index contributed by atoms with van der Waals surface area (Å²) in [5, 5.41) is 3.19. The third-order valence-corrected chi connectivity index (χ3v) is 9.71. The first-order chi connectivity index (χ1) is 17.2. The van der Waals surface area contributed by atoms with E-state index in [9.17, 15) is 4.79 Å². The molecule has 1 N–H and O–H groups in total. The van der Waals surface area contributed by atoms with Crippen LogP contribution in [0.15, 0.2) is 12.3 Å². The van der Waals surface area contributed by atoms with Crippen LogP contribution in [0.5, 0.6) is 0 Å². The molecule has 35 heavy (non-hydrogen) atoms. The second-order valence-electron chi connectivity index (χ2n) is 12.9. The van der Waals surface area contributed by atoms with Gasteiger partial charge >= 0.3 is 0 Å². The molecule has 0 heterocycles. The highest BCUT2D eigenvalue weighted by Crippen LogP contribution is 2.36. The maximum atomic E-state index is 12.7. The average molecular weight is 481 g/mol. The van der Waals surface area contributed by atoms with Gasteiger partial charge in [0.15, 0.2) is 5.81 Å². The molecule has 3 aliphatic carbocycles. The molecule has 0 aliphatic heterocycles. The Labute approximate surface area is 220 Å². The van der Waals surface area contributed by atoms with E-state index in [0.717, 1.165) is 29.7 Å². The number of allylic oxidation sites excluding steroid dienone is 1. The van der Waals surface area contributed by atoms with Crippen molar-refractivity contribution in [2.75, 3.05) is 0 Å². The van der Waals surface area contributed by atoms with E-state index in [4.69, 9.17) is 0 Å². The Morgan fingerprint density at radius 2 is 1.03 bits per heavy atom. The summed E-state index contributed by atoms with van der Waals surface area (Å²) in [7, 11) is 2.24. The van der Waals surface area contributed by atoms with E-state index in [1.54, 1.807) is 0 Å². The van der Waals surface area contributed by atoms with E-state index >= 15 is 0 Å². The second kappa shape index (κ2) is 17.7. The van der Waals surface area contributed by atoms with Crippen molar-refractivity contribution in [3.8, 4) is 0 Å². The van der Waals surface area contributed by atoms with Crippen LogP contribution in [0.3, 0.4) is 0 Å². The van der Waals surface area contributed by atoms with E-state index in [0.29, 0.717) is 13.1 Å². The molecule has 0 aromatic rings. The van der Waals surface area contributed by atoms with Crippen molar-refractivity contribution in [2.24, 2.45) is 5.92 Å². The van der Waals surface area contributed by atoms with E-state index in [-0.39, 0.29) is 5.81 Å². The summed E-state index contributed by atoms with van der Waals surface area (Å²) in [6.07, 6.45) is 33.2. The maximum Gasteiger partial charge on any atom is 0.237 e. The zero-order valence-electron chi connectivity index (χ0n) is 23.3. The summed E-state index contributed by atoms with van der Waals surface area (Å²) in [5.41, 5.74) is 0.971. The average Bonchev–Trinajstić information content (AvgIpc) is 2.80. The molecule has 3 rings (SSSR count). The molecule has 0 unspecified atom stereocenters. The van der Waals surface area contributed by atoms with Gasteiger partial charge < -0.3 is 5.32 Å². The predicted molar refractivity (Wildman–Crippen MR) is 158 cm³/mol. The van der Waals surface area contributed by atoms with Crippen molar-refractivity contribution in [2.45, 2.75) is 172 Å². The molecule has 1 amide bonds. The molecule has 0 atom stereocenters. The number of hydrogen-bond acceptors (Lipinski definition) is 1. The number of hydrogen-bond donors (Lipinski definition) is 1. The third-order valence-electron chi connectivity index (χ3n) is 9.71. The van der Waals surface area contributed by atoms with Crippen LogP contribution in [-0.4, -0.2) is 20.4 Å². The standard InChI is InChI=1S/C31H57B2NO/c1-26(34-31(35)33-30-20-12-6-3-2-4-7-13-21-30)24-25-27-16-14-22-29(23-15-17-27)32-28-18-10-8-5-9-11-19-28/h27-30,32-33H,1-25H2,(H,34,35). The van der Waals surface area contributed by atoms with Crippen molar-refractivity contribution >= 4 is 20.4 Å². The Kier molecular flexibility index (Phi) is 14.6. The zero-order valence-corrected chi connectivity index (χ0v) is 23.3. The van der Waals surface area contributed by atoms with Gasteiger partial charge in [-0.05, 0) is 18.8 Å². The first-order valence-corrected chi connectivity index (χ1v) is 16.2. The lowest BCUT2D eigenvalue weighted by Gasteiger charge is -2.28. The highest BCUT2D eigenvalue weighted by molar-refractivity contribution is 6.74. The first-order valence-electron chi connectivity index (χ1n) is 16.2. The monoisotopic (exact) mass is 481 g/mol. The van der Waals surface area contributed by atoms with Gasteiger partial charge in [-0.15, -0.1) is 0 Å². The Balaban J connectivity index is 1.28. The van der Waals surface area contributed by atoms with Crippen LogP contribution >= 0.6 is 0 Å². The van der Waals surface area contributed by atoms with Crippen molar-refractivity contribution in [3.05, 3.63) is 12.3 Å². The molecule has 3 aliphatic rings. The van der Waals surface area contributed by atoms with Gasteiger partial charge in [-0.25, -0.2) is 0 Å². The van der Waals surface area contributed by atoms with E-state index in [2.05, 4.69) is 11.9 Å². The SMILES string of the molecule is C=C(CCC1CCCC(BC2CCCCCCC2)CCC1)NC(=O)BC1CCCCCCCCC1. The number of nitrogens with one attached hydrogen (secondary N) is 1. The molecule has 0 aromatic heterocycles. The van der Waals surface area contributed by atoms with Gasteiger partial charge in [0, 0.05) is 5.70 Å². The van der Waals surface area contributed by atoms with E-state index in [1.807, 2.05) is 0 Å². The third kappa shape index (κ3) is 12.9. The molecular formula is C31H57B2NO. The molecule has 0 aromatic carbocycles. The molecular weight excluding hydrogens is 424 g/mol. The first kappa shape index (κ1) is 28.9. The molecule has 0 bridgehead atoms. The Bertz CT molecular complexity index is 567. The fourth-order valence-corrected chi connectivity index (χ4v) is 7.50. The minimum atomic E-state index is 0.229. The van der Waals surface area contributed by atoms with Crippen LogP contribution in [0, 0.1) is 5.92 Å². The van der Waals surface area contributed by atoms with Gasteiger partial charge in [0.05, 0.1) is 0 Å². The van der Waals surface area contributed by atoms with Crippen molar-refractivity contribution in [1.82, 2.24) is 5.32 Å². The predicted octanol–water partition coefficient (Wildman–Crippen LogP) is 9.47. The van der Waals surface area contributed by atoms with Crippen LogP contribution in [0.1, 0.15) is 154 Å². The quantitative estimate of drug-likeness (QED) is 0.344. The highest BCUT2D eigenvalue weighted by atomic mass is 16.1. The van der Waals surface area contributed by atoms with Crippen molar-refractivity contribution in [3.63, 3.8) is 0 Å². The van der Waals surface area contributed by atoms with Crippen molar-refractivity contribution in [1.29, 1.82) is 0 Å². The fraction of sp³-hybridized carbons (Fsp3) is 0.903. The Morgan fingerprint density at radius 1 is 0.600 bits per heavy atom. The minimum Gasteiger partial charge on any atom is -0.339 e. The lowest BCUT2D eigenvalue weighted by molar-refractivity contribution is 0.260. The molecule has 198 valence electrons. The second-order valence-corrected chi connectivity index (χ2v) is 12.9. The van der Waals surface area contributed by atoms with Crippen LogP contribution in [-0.2, 0) is 0 Å². The summed E-state index contributed by atoms with van der Waals surface area (Å²) < 4.78 is 0. The zero-order chi connectivity index (χ0) is 24.6. The molecule has 3 fully saturated rings. The minimum absolute atomic E-state index is 0.229. The molecule has 3 saturated carbocycles. The Morgan fingerprint density at radius 3 is 1.54 bits per heavy atom. The molecule has 2 nitrogen and oxygen atoms in total. The summed E-state index contributed by atoms with van der Waals surface area (Å²) in [6, 6.07) is 0. The largest absolute Gasteiger partial charge is 0.339 e. The topological polar surface area (TPSA) is 29.1 Å². The summed E-state index contributed by atoms with van der Waals surface area (Å²) in [4.78, 5) is 12.7. The lowest BCUT2D eigenvalue weighted by atomic mass is 9.49. The van der Waals surface area contributed by atoms with E-state index in [1.165, 1.54) is 155 Å². The summed E-state index contributed by atoms with van der Waals surface area (Å²) in [6.45, 7) is 4.23. The van der Waals surface area contributed by atoms with Gasteiger partial charge in [-0.2, -0.15) is 0 Å². The molecule has 0 saturated heterocycles. The van der Waals surface area contributed by atoms with Gasteiger partial charge in [-0.1, -0.05) is 165 Å². The number of carbonyl (C=O) groups is 1. The Hall–Kier alpha value is -0.660. The van der Waals surface area contributed by atoms with Gasteiger partial charge in [0.25, 0.3) is 0 Å².